The maximum absolute atomic E-state index is 14.0. The van der Waals surface area contributed by atoms with Crippen molar-refractivity contribution in [1.29, 1.82) is 0 Å². The number of nitrogens with one attached hydrogen (secondary N) is 1. The number of benzene rings is 3. The summed E-state index contributed by atoms with van der Waals surface area (Å²) in [6, 6.07) is 19.2. The molecule has 0 saturated carbocycles. The fourth-order valence-electron chi connectivity index (χ4n) is 5.29. The molecular weight excluding hydrogens is 581 g/mol. The van der Waals surface area contributed by atoms with E-state index in [4.69, 9.17) is 9.47 Å². The molecule has 3 aromatic carbocycles. The molecule has 6 rings (SSSR count). The van der Waals surface area contributed by atoms with Gasteiger partial charge in [-0.25, -0.2) is 9.29 Å². The smallest absolute Gasteiger partial charge is 0.308 e. The Morgan fingerprint density at radius 1 is 0.881 bits per heavy atom. The van der Waals surface area contributed by atoms with Gasteiger partial charge in [0.2, 0.25) is 17.7 Å². The molecule has 1 aromatic heterocycles. The van der Waals surface area contributed by atoms with Crippen LogP contribution >= 0.6 is 23.1 Å². The summed E-state index contributed by atoms with van der Waals surface area (Å²) in [6.45, 7) is -0.313. The number of halogens is 1. The molecule has 12 heteroatoms. The van der Waals surface area contributed by atoms with Crippen molar-refractivity contribution in [2.75, 3.05) is 24.4 Å². The fourth-order valence-corrected chi connectivity index (χ4v) is 8.06. The third-order valence-corrected chi connectivity index (χ3v) is 9.89. The van der Waals surface area contributed by atoms with Crippen LogP contribution in [0.15, 0.2) is 82.6 Å². The minimum atomic E-state index is -0.820. The van der Waals surface area contributed by atoms with Crippen LogP contribution in [0.5, 0.6) is 11.5 Å². The number of nitrogens with zero attached hydrogens (tertiary/aromatic N) is 2. The minimum absolute atomic E-state index is 0.313. The summed E-state index contributed by atoms with van der Waals surface area (Å²) < 4.78 is 25.2. The van der Waals surface area contributed by atoms with Crippen LogP contribution in [0.1, 0.15) is 16.4 Å². The Labute approximate surface area is 247 Å². The first kappa shape index (κ1) is 27.7. The summed E-state index contributed by atoms with van der Waals surface area (Å²) in [6.07, 6.45) is 0. The van der Waals surface area contributed by atoms with Crippen molar-refractivity contribution in [1.82, 2.24) is 4.57 Å². The number of methoxy groups -OCH3 is 2. The molecule has 2 aliphatic rings. The van der Waals surface area contributed by atoms with Crippen molar-refractivity contribution in [3.63, 3.8) is 0 Å². The van der Waals surface area contributed by atoms with Gasteiger partial charge in [0.05, 0.1) is 30.9 Å². The predicted molar refractivity (Wildman–Crippen MR) is 157 cm³/mol. The maximum Gasteiger partial charge on any atom is 0.308 e. The number of ether oxygens (including phenoxy) is 2. The normalized spacial score (nSPS) is 19.3. The highest BCUT2D eigenvalue weighted by molar-refractivity contribution is 8.00. The third kappa shape index (κ3) is 4.86. The summed E-state index contributed by atoms with van der Waals surface area (Å²) in [4.78, 5) is 55.5. The Kier molecular flexibility index (Phi) is 7.33. The van der Waals surface area contributed by atoms with Crippen LogP contribution < -0.4 is 24.6 Å². The zero-order valence-corrected chi connectivity index (χ0v) is 24.0. The molecule has 9 nitrogen and oxygen atoms in total. The lowest BCUT2D eigenvalue weighted by Gasteiger charge is -2.30. The first-order valence-corrected chi connectivity index (χ1v) is 14.6. The first-order valence-electron chi connectivity index (χ1n) is 12.9. The molecule has 4 aromatic rings. The van der Waals surface area contributed by atoms with Crippen LogP contribution in [0.4, 0.5) is 15.8 Å². The summed E-state index contributed by atoms with van der Waals surface area (Å²) in [5.41, 5.74) is 1.55. The Morgan fingerprint density at radius 3 is 2.12 bits per heavy atom. The maximum atomic E-state index is 14.0. The summed E-state index contributed by atoms with van der Waals surface area (Å²) in [7, 11) is 3.08. The number of anilines is 2. The number of thiazole rings is 1. The zero-order chi connectivity index (χ0) is 29.5. The van der Waals surface area contributed by atoms with E-state index in [1.54, 1.807) is 43.5 Å². The number of hydrogen-bond donors (Lipinski definition) is 1. The molecule has 0 bridgehead atoms. The van der Waals surface area contributed by atoms with Crippen LogP contribution in [0.3, 0.4) is 0 Å². The van der Waals surface area contributed by atoms with Gasteiger partial charge in [-0.1, -0.05) is 35.2 Å². The number of aromatic nitrogens is 1. The number of fused-ring (bicyclic) bond motifs is 2. The van der Waals surface area contributed by atoms with Gasteiger partial charge in [-0.15, -0.1) is 0 Å². The molecule has 3 heterocycles. The van der Waals surface area contributed by atoms with Crippen LogP contribution in [0.2, 0.25) is 0 Å². The second-order valence-electron chi connectivity index (χ2n) is 9.70. The number of thioether (sulfide) groups is 1. The molecule has 214 valence electrons. The van der Waals surface area contributed by atoms with Gasteiger partial charge in [0.1, 0.15) is 29.1 Å². The molecule has 0 aliphatic carbocycles. The Hall–Kier alpha value is -4.42. The Bertz CT molecular complexity index is 1730. The first-order chi connectivity index (χ1) is 20.3. The van der Waals surface area contributed by atoms with Gasteiger partial charge < -0.3 is 14.8 Å². The number of imide groups is 1. The lowest BCUT2D eigenvalue weighted by molar-refractivity contribution is -0.122. The van der Waals surface area contributed by atoms with E-state index in [1.807, 2.05) is 12.1 Å². The predicted octanol–water partition coefficient (Wildman–Crippen LogP) is 4.50. The largest absolute Gasteiger partial charge is 0.497 e. The van der Waals surface area contributed by atoms with E-state index in [0.717, 1.165) is 28.7 Å². The molecule has 2 aliphatic heterocycles. The van der Waals surface area contributed by atoms with Crippen molar-refractivity contribution < 1.29 is 28.2 Å². The van der Waals surface area contributed by atoms with Gasteiger partial charge in [0, 0.05) is 16.5 Å². The van der Waals surface area contributed by atoms with Crippen LogP contribution in [-0.4, -0.2) is 41.8 Å². The average molecular weight is 606 g/mol. The van der Waals surface area contributed by atoms with E-state index in [9.17, 15) is 23.6 Å². The highest BCUT2D eigenvalue weighted by atomic mass is 32.2. The van der Waals surface area contributed by atoms with Crippen molar-refractivity contribution in [3.05, 3.63) is 98.7 Å². The van der Waals surface area contributed by atoms with Gasteiger partial charge in [-0.3, -0.25) is 23.7 Å². The quantitative estimate of drug-likeness (QED) is 0.309. The Morgan fingerprint density at radius 2 is 1.50 bits per heavy atom. The third-order valence-electron chi connectivity index (χ3n) is 7.28. The van der Waals surface area contributed by atoms with E-state index in [-0.39, 0.29) is 17.3 Å². The number of carbonyl (C=O) groups excluding carboxylic acids is 3. The van der Waals surface area contributed by atoms with Crippen LogP contribution in [0, 0.1) is 11.7 Å². The van der Waals surface area contributed by atoms with Gasteiger partial charge in [0.15, 0.2) is 0 Å². The van der Waals surface area contributed by atoms with Crippen molar-refractivity contribution in [2.45, 2.75) is 22.7 Å². The van der Waals surface area contributed by atoms with Gasteiger partial charge >= 0.3 is 4.87 Å². The number of rotatable bonds is 7. The van der Waals surface area contributed by atoms with E-state index >= 15 is 0 Å². The molecular formula is C30H24FN3O6S2. The second-order valence-corrected chi connectivity index (χ2v) is 11.8. The topological polar surface area (TPSA) is 107 Å². The zero-order valence-electron chi connectivity index (χ0n) is 22.4. The van der Waals surface area contributed by atoms with E-state index in [0.29, 0.717) is 32.8 Å². The molecule has 0 radical (unpaired) electrons. The van der Waals surface area contributed by atoms with Crippen LogP contribution in [-0.2, 0) is 20.9 Å². The highest BCUT2D eigenvalue weighted by Crippen LogP contribution is 2.54. The molecule has 0 spiro atoms. The molecule has 1 saturated heterocycles. The van der Waals surface area contributed by atoms with E-state index < -0.39 is 34.7 Å². The number of hydrogen-bond acceptors (Lipinski definition) is 8. The Balaban J connectivity index is 1.40. The van der Waals surface area contributed by atoms with E-state index in [1.165, 1.54) is 40.8 Å². The highest BCUT2D eigenvalue weighted by Gasteiger charge is 2.56. The van der Waals surface area contributed by atoms with Gasteiger partial charge in [-0.2, -0.15) is 0 Å². The van der Waals surface area contributed by atoms with E-state index in [2.05, 4.69) is 5.32 Å². The number of amides is 3. The van der Waals surface area contributed by atoms with Crippen molar-refractivity contribution in [3.8, 4) is 11.5 Å². The van der Waals surface area contributed by atoms with Gasteiger partial charge in [0.25, 0.3) is 0 Å². The molecule has 3 atom stereocenters. The lowest BCUT2D eigenvalue weighted by atomic mass is 9.83. The summed E-state index contributed by atoms with van der Waals surface area (Å²) >= 11 is 2.09. The average Bonchev–Trinajstić information content (AvgIpc) is 3.44. The van der Waals surface area contributed by atoms with Crippen molar-refractivity contribution >= 4 is 52.2 Å². The summed E-state index contributed by atoms with van der Waals surface area (Å²) in [5.74, 6) is -1.85. The molecule has 3 amide bonds. The lowest BCUT2D eigenvalue weighted by Crippen LogP contribution is -2.33. The van der Waals surface area contributed by atoms with Gasteiger partial charge in [-0.05, 0) is 66.2 Å². The standard InChI is InChI=1S/C30H24FN3O6S2/c1-39-20-11-3-16(4-12-20)23-24-25(28(37)34(27(24)36)19-9-13-21(40-2)14-10-19)41-29-26(23)42-30(38)33(29)15-22(35)32-18-7-5-17(31)6-8-18/h3-14,23-25H,15H2,1-2H3,(H,32,35)/t23-,24-,25+/m0/s1. The summed E-state index contributed by atoms with van der Waals surface area (Å²) in [5, 5.41) is 2.33. The SMILES string of the molecule is COc1ccc([C@@H]2c3sc(=O)n(CC(=O)Nc4ccc(F)cc4)c3S[C@H]3C(=O)N(c4ccc(OC)cc4)C(=O)[C@@H]23)cc1. The number of carbonyl (C=O) groups is 3. The fraction of sp³-hybridized carbons (Fsp3) is 0.200. The molecule has 0 unspecified atom stereocenters. The monoisotopic (exact) mass is 605 g/mol. The second kappa shape index (κ2) is 11.1. The van der Waals surface area contributed by atoms with Crippen molar-refractivity contribution in [2.24, 2.45) is 5.92 Å². The van der Waals surface area contributed by atoms with Crippen LogP contribution in [0.25, 0.3) is 0 Å². The molecule has 1 fully saturated rings. The molecule has 42 heavy (non-hydrogen) atoms. The molecule has 1 N–H and O–H groups in total. The minimum Gasteiger partial charge on any atom is -0.497 e.